The van der Waals surface area contributed by atoms with Crippen molar-refractivity contribution < 1.29 is 43.0 Å². The molecule has 330 valence electrons. The van der Waals surface area contributed by atoms with Crippen molar-refractivity contribution in [2.24, 2.45) is 0 Å². The first-order valence-corrected chi connectivity index (χ1v) is 23.4. The third-order valence-corrected chi connectivity index (χ3v) is 9.40. The molecule has 9 nitrogen and oxygen atoms in total. The average Bonchev–Trinajstić information content (AvgIpc) is 3.21. The van der Waals surface area contributed by atoms with Crippen molar-refractivity contribution in [3.63, 3.8) is 0 Å². The molecule has 0 heterocycles. The predicted octanol–water partition coefficient (Wildman–Crippen LogP) is 12.2. The molecular formula is C48H79O9P. The third kappa shape index (κ3) is 42.7. The molecule has 0 fully saturated rings. The van der Waals surface area contributed by atoms with Crippen molar-refractivity contribution in [2.45, 2.75) is 154 Å². The van der Waals surface area contributed by atoms with E-state index in [0.29, 0.717) is 13.0 Å². The van der Waals surface area contributed by atoms with Gasteiger partial charge in [-0.25, -0.2) is 4.57 Å². The number of hydrogen-bond acceptors (Lipinski definition) is 8. The fourth-order valence-electron chi connectivity index (χ4n) is 5.19. The van der Waals surface area contributed by atoms with Crippen molar-refractivity contribution in [3.05, 3.63) is 109 Å². The normalized spacial score (nSPS) is 15.1. The number of aliphatic hydroxyl groups is 2. The Balaban J connectivity index is 4.30. The van der Waals surface area contributed by atoms with E-state index in [-0.39, 0.29) is 13.0 Å². The van der Waals surface area contributed by atoms with Gasteiger partial charge in [-0.3, -0.25) is 13.8 Å². The monoisotopic (exact) mass is 831 g/mol. The molecule has 0 amide bonds. The Kier molecular flexibility index (Phi) is 41.5. The molecule has 3 atom stereocenters. The number of phosphoric acid groups is 1. The molecule has 0 saturated carbocycles. The zero-order chi connectivity index (χ0) is 42.5. The summed E-state index contributed by atoms with van der Waals surface area (Å²) in [7, 11) is -4.54. The molecule has 3 unspecified atom stereocenters. The van der Waals surface area contributed by atoms with Crippen LogP contribution in [0.3, 0.4) is 0 Å². The second kappa shape index (κ2) is 43.7. The van der Waals surface area contributed by atoms with Crippen molar-refractivity contribution in [2.75, 3.05) is 33.0 Å². The number of aliphatic hydroxyl groups excluding tert-OH is 2. The summed E-state index contributed by atoms with van der Waals surface area (Å²) in [6.07, 6.45) is 56.2. The summed E-state index contributed by atoms with van der Waals surface area (Å²) >= 11 is 0. The van der Waals surface area contributed by atoms with Crippen LogP contribution >= 0.6 is 7.82 Å². The van der Waals surface area contributed by atoms with Gasteiger partial charge in [0, 0.05) is 13.0 Å². The number of allylic oxidation sites excluding steroid dienone is 18. The van der Waals surface area contributed by atoms with E-state index in [9.17, 15) is 19.4 Å². The summed E-state index contributed by atoms with van der Waals surface area (Å²) in [5.74, 6) is -0.418. The van der Waals surface area contributed by atoms with E-state index in [1.54, 1.807) is 0 Å². The quantitative estimate of drug-likeness (QED) is 0.0239. The number of rotatable bonds is 40. The number of ether oxygens (including phenoxy) is 2. The maximum atomic E-state index is 12.6. The molecule has 0 aromatic rings. The standard InChI is InChI=1S/C48H79O9P/c1-3-5-7-9-11-13-15-17-19-21-22-23-24-25-26-28-30-32-34-36-38-40-48(51)57-47(45-56-58(52,53)55-43-46(50)42-49)44-54-41-39-37-35-33-31-29-27-20-18-16-14-12-10-8-6-4-2/h5-8,11-14,17-20,22-23,25-26,29,31,46-47,49-50H,3-4,9-10,15-16,21,24,27-28,30,32-45H2,1-2H3,(H,52,53)/b7-5-,8-6-,13-11-,14-12-,19-17-,20-18-,23-22-,26-25-,31-29-. The van der Waals surface area contributed by atoms with E-state index in [1.807, 2.05) is 0 Å². The van der Waals surface area contributed by atoms with Crippen LogP contribution in [-0.4, -0.2) is 66.3 Å². The van der Waals surface area contributed by atoms with Crippen LogP contribution in [0, 0.1) is 0 Å². The van der Waals surface area contributed by atoms with Gasteiger partial charge in [-0.2, -0.15) is 0 Å². The van der Waals surface area contributed by atoms with Gasteiger partial charge in [-0.15, -0.1) is 0 Å². The van der Waals surface area contributed by atoms with Gasteiger partial charge in [0.1, 0.15) is 12.2 Å². The summed E-state index contributed by atoms with van der Waals surface area (Å²) in [6.45, 7) is 3.15. The molecule has 58 heavy (non-hydrogen) atoms. The second-order valence-electron chi connectivity index (χ2n) is 13.9. The largest absolute Gasteiger partial charge is 0.472 e. The summed E-state index contributed by atoms with van der Waals surface area (Å²) in [5.41, 5.74) is 0. The van der Waals surface area contributed by atoms with Crippen molar-refractivity contribution >= 4 is 13.8 Å². The number of esters is 1. The molecule has 0 bridgehead atoms. The van der Waals surface area contributed by atoms with E-state index in [2.05, 4.69) is 123 Å². The van der Waals surface area contributed by atoms with Gasteiger partial charge in [0.2, 0.25) is 0 Å². The Morgan fingerprint density at radius 2 is 0.931 bits per heavy atom. The SMILES string of the molecule is CC/C=C\C/C=C\C/C=C\C/C=C\C/C=C\CCCCCCCC(=O)OC(COCCCCC/C=C\C/C=C\C/C=C\C/C=C\CC)COP(=O)(O)OCC(O)CO. The Morgan fingerprint density at radius 1 is 0.534 bits per heavy atom. The predicted molar refractivity (Wildman–Crippen MR) is 241 cm³/mol. The Bertz CT molecular complexity index is 1260. The zero-order valence-corrected chi connectivity index (χ0v) is 36.9. The van der Waals surface area contributed by atoms with E-state index in [1.165, 1.54) is 0 Å². The number of carbonyl (C=O) groups excluding carboxylic acids is 1. The van der Waals surface area contributed by atoms with E-state index < -0.39 is 45.8 Å². The van der Waals surface area contributed by atoms with Crippen LogP contribution in [0.1, 0.15) is 142 Å². The molecule has 0 aliphatic rings. The van der Waals surface area contributed by atoms with Gasteiger partial charge < -0.3 is 24.6 Å². The minimum atomic E-state index is -4.54. The van der Waals surface area contributed by atoms with Crippen LogP contribution in [0.2, 0.25) is 0 Å². The summed E-state index contributed by atoms with van der Waals surface area (Å²) in [5, 5.41) is 18.4. The van der Waals surface area contributed by atoms with E-state index in [4.69, 9.17) is 23.6 Å². The lowest BCUT2D eigenvalue weighted by molar-refractivity contribution is -0.154. The first kappa shape index (κ1) is 55.1. The molecule has 0 radical (unpaired) electrons. The lowest BCUT2D eigenvalue weighted by Gasteiger charge is -2.20. The minimum Gasteiger partial charge on any atom is -0.457 e. The summed E-state index contributed by atoms with van der Waals surface area (Å²) in [4.78, 5) is 22.6. The van der Waals surface area contributed by atoms with Gasteiger partial charge in [0.25, 0.3) is 0 Å². The maximum absolute atomic E-state index is 12.6. The van der Waals surface area contributed by atoms with Crippen LogP contribution in [0.25, 0.3) is 0 Å². The number of phosphoric ester groups is 1. The van der Waals surface area contributed by atoms with Crippen LogP contribution < -0.4 is 0 Å². The molecule has 0 saturated heterocycles. The molecule has 0 aliphatic heterocycles. The maximum Gasteiger partial charge on any atom is 0.472 e. The molecule has 0 aromatic heterocycles. The van der Waals surface area contributed by atoms with Crippen molar-refractivity contribution in [1.82, 2.24) is 0 Å². The minimum absolute atomic E-state index is 0.0116. The lowest BCUT2D eigenvalue weighted by Crippen LogP contribution is -2.29. The average molecular weight is 831 g/mol. The van der Waals surface area contributed by atoms with Gasteiger partial charge in [0.05, 0.1) is 26.4 Å². The smallest absolute Gasteiger partial charge is 0.457 e. The van der Waals surface area contributed by atoms with Crippen LogP contribution in [0.5, 0.6) is 0 Å². The van der Waals surface area contributed by atoms with Crippen molar-refractivity contribution in [1.29, 1.82) is 0 Å². The highest BCUT2D eigenvalue weighted by molar-refractivity contribution is 7.47. The zero-order valence-electron chi connectivity index (χ0n) is 36.0. The van der Waals surface area contributed by atoms with Crippen LogP contribution in [0.15, 0.2) is 109 Å². The van der Waals surface area contributed by atoms with Gasteiger partial charge in [-0.05, 0) is 96.3 Å². The molecule has 3 N–H and O–H groups in total. The summed E-state index contributed by atoms with van der Waals surface area (Å²) in [6, 6.07) is 0. The fourth-order valence-corrected chi connectivity index (χ4v) is 5.98. The van der Waals surface area contributed by atoms with Gasteiger partial charge in [0.15, 0.2) is 0 Å². The number of unbranched alkanes of at least 4 members (excludes halogenated alkanes) is 8. The lowest BCUT2D eigenvalue weighted by atomic mass is 10.1. The topological polar surface area (TPSA) is 132 Å². The van der Waals surface area contributed by atoms with Gasteiger partial charge >= 0.3 is 13.8 Å². The first-order chi connectivity index (χ1) is 28.3. The second-order valence-corrected chi connectivity index (χ2v) is 15.4. The molecule has 0 aromatic carbocycles. The van der Waals surface area contributed by atoms with E-state index >= 15 is 0 Å². The highest BCUT2D eigenvalue weighted by Gasteiger charge is 2.26. The van der Waals surface area contributed by atoms with E-state index in [0.717, 1.165) is 116 Å². The molecule has 10 heteroatoms. The molecule has 0 rings (SSSR count). The molecule has 0 spiro atoms. The highest BCUT2D eigenvalue weighted by Crippen LogP contribution is 2.43. The number of carbonyl (C=O) groups is 1. The fraction of sp³-hybridized carbons (Fsp3) is 0.604. The highest BCUT2D eigenvalue weighted by atomic mass is 31.2. The van der Waals surface area contributed by atoms with Crippen LogP contribution in [-0.2, 0) is 27.9 Å². The molecular weight excluding hydrogens is 751 g/mol. The van der Waals surface area contributed by atoms with Crippen molar-refractivity contribution in [3.8, 4) is 0 Å². The van der Waals surface area contributed by atoms with Gasteiger partial charge in [-0.1, -0.05) is 149 Å². The Labute approximate surface area is 352 Å². The Morgan fingerprint density at radius 3 is 1.40 bits per heavy atom. The third-order valence-electron chi connectivity index (χ3n) is 8.45. The Hall–Kier alpha value is -2.88. The number of hydrogen-bond donors (Lipinski definition) is 3. The first-order valence-electron chi connectivity index (χ1n) is 21.9. The van der Waals surface area contributed by atoms with Crippen LogP contribution in [0.4, 0.5) is 0 Å². The summed E-state index contributed by atoms with van der Waals surface area (Å²) < 4.78 is 33.3. The molecule has 0 aliphatic carbocycles.